The fourth-order valence-corrected chi connectivity index (χ4v) is 4.72. The number of rotatable bonds is 10. The maximum absolute atomic E-state index is 12.9. The van der Waals surface area contributed by atoms with Gasteiger partial charge in [-0.1, -0.05) is 40.9 Å². The van der Waals surface area contributed by atoms with Gasteiger partial charge in [0.05, 0.1) is 21.7 Å². The third-order valence-electron chi connectivity index (χ3n) is 5.12. The molecule has 1 aliphatic carbocycles. The summed E-state index contributed by atoms with van der Waals surface area (Å²) in [5.74, 6) is -0.232. The smallest absolute Gasteiger partial charge is 0.387 e. The molecule has 1 aliphatic rings. The summed E-state index contributed by atoms with van der Waals surface area (Å²) in [7, 11) is 0. The van der Waals surface area contributed by atoms with Crippen LogP contribution in [0.1, 0.15) is 39.7 Å². The van der Waals surface area contributed by atoms with E-state index in [2.05, 4.69) is 9.72 Å². The SMILES string of the molecule is O=C(OC(Cc1c(Cl)cncc1Cl)c1ccc(OC(F)F)c(OCC2CC2)c1)c1sccc1Cl. The predicted octanol–water partition coefficient (Wildman–Crippen LogP) is 7.63. The zero-order valence-electron chi connectivity index (χ0n) is 17.5. The first-order valence-corrected chi connectivity index (χ1v) is 12.3. The molecule has 0 bridgehead atoms. The van der Waals surface area contributed by atoms with Crippen LogP contribution in [0.3, 0.4) is 0 Å². The van der Waals surface area contributed by atoms with Gasteiger partial charge in [0.25, 0.3) is 0 Å². The highest BCUT2D eigenvalue weighted by molar-refractivity contribution is 7.12. The van der Waals surface area contributed by atoms with E-state index >= 15 is 0 Å². The molecule has 4 rings (SSSR count). The van der Waals surface area contributed by atoms with E-state index in [1.807, 2.05) is 0 Å². The van der Waals surface area contributed by atoms with Crippen molar-refractivity contribution in [3.63, 3.8) is 0 Å². The molecule has 0 saturated heterocycles. The number of aromatic nitrogens is 1. The fourth-order valence-electron chi connectivity index (χ4n) is 3.19. The molecule has 1 aromatic carbocycles. The van der Waals surface area contributed by atoms with Crippen LogP contribution >= 0.6 is 46.1 Å². The van der Waals surface area contributed by atoms with Gasteiger partial charge >= 0.3 is 12.6 Å². The molecular formula is C23H18Cl3F2NO4S. The lowest BCUT2D eigenvalue weighted by atomic mass is 10.0. The average molecular weight is 549 g/mol. The van der Waals surface area contributed by atoms with Crippen LogP contribution in [0, 0.1) is 5.92 Å². The Hall–Kier alpha value is -2.13. The van der Waals surface area contributed by atoms with Crippen LogP contribution in [-0.2, 0) is 11.2 Å². The van der Waals surface area contributed by atoms with E-state index in [-0.39, 0.29) is 27.8 Å². The zero-order valence-corrected chi connectivity index (χ0v) is 20.6. The van der Waals surface area contributed by atoms with Gasteiger partial charge in [-0.15, -0.1) is 11.3 Å². The number of carbonyl (C=O) groups excluding carboxylic acids is 1. The van der Waals surface area contributed by atoms with Crippen molar-refractivity contribution >= 4 is 52.1 Å². The molecule has 3 aromatic rings. The van der Waals surface area contributed by atoms with Crippen LogP contribution in [0.15, 0.2) is 42.0 Å². The van der Waals surface area contributed by atoms with E-state index in [0.29, 0.717) is 33.7 Å². The first kappa shape index (κ1) is 25.0. The molecule has 0 spiro atoms. The number of hydrogen-bond donors (Lipinski definition) is 0. The summed E-state index contributed by atoms with van der Waals surface area (Å²) in [5.41, 5.74) is 0.999. The number of hydrogen-bond acceptors (Lipinski definition) is 6. The van der Waals surface area contributed by atoms with Gasteiger partial charge in [-0.3, -0.25) is 4.98 Å². The molecule has 11 heteroatoms. The van der Waals surface area contributed by atoms with E-state index in [1.54, 1.807) is 11.4 Å². The molecule has 1 fully saturated rings. The highest BCUT2D eigenvalue weighted by Gasteiger charge is 2.26. The van der Waals surface area contributed by atoms with Gasteiger partial charge < -0.3 is 14.2 Å². The minimum atomic E-state index is -3.02. The first-order valence-electron chi connectivity index (χ1n) is 10.2. The number of halogens is 5. The normalized spacial score (nSPS) is 14.2. The molecule has 180 valence electrons. The van der Waals surface area contributed by atoms with Gasteiger partial charge in [0.15, 0.2) is 11.5 Å². The van der Waals surface area contributed by atoms with Crippen molar-refractivity contribution in [2.75, 3.05) is 6.61 Å². The zero-order chi connectivity index (χ0) is 24.2. The lowest BCUT2D eigenvalue weighted by molar-refractivity contribution is -0.0515. The summed E-state index contributed by atoms with van der Waals surface area (Å²) < 4.78 is 42.0. The molecule has 2 heterocycles. The number of thiophene rings is 1. The van der Waals surface area contributed by atoms with Crippen LogP contribution < -0.4 is 9.47 Å². The lowest BCUT2D eigenvalue weighted by Gasteiger charge is -2.21. The van der Waals surface area contributed by atoms with Crippen molar-refractivity contribution in [2.45, 2.75) is 32.0 Å². The Morgan fingerprint density at radius 3 is 2.44 bits per heavy atom. The molecule has 34 heavy (non-hydrogen) atoms. The Morgan fingerprint density at radius 2 is 1.82 bits per heavy atom. The minimum Gasteiger partial charge on any atom is -0.489 e. The maximum atomic E-state index is 12.9. The Morgan fingerprint density at radius 1 is 1.09 bits per heavy atom. The van der Waals surface area contributed by atoms with Gasteiger partial charge in [-0.2, -0.15) is 8.78 Å². The van der Waals surface area contributed by atoms with Gasteiger partial charge in [0.1, 0.15) is 11.0 Å². The highest BCUT2D eigenvalue weighted by atomic mass is 35.5. The van der Waals surface area contributed by atoms with Crippen molar-refractivity contribution in [2.24, 2.45) is 5.92 Å². The molecule has 2 aromatic heterocycles. The van der Waals surface area contributed by atoms with Gasteiger partial charge in [0.2, 0.25) is 0 Å². The number of ether oxygens (including phenoxy) is 3. The molecule has 1 atom stereocenters. The summed E-state index contributed by atoms with van der Waals surface area (Å²) in [5, 5.41) is 2.53. The van der Waals surface area contributed by atoms with Crippen LogP contribution in [0.2, 0.25) is 15.1 Å². The summed E-state index contributed by atoms with van der Waals surface area (Å²) in [4.78, 5) is 17.0. The second-order valence-electron chi connectivity index (χ2n) is 7.62. The monoisotopic (exact) mass is 547 g/mol. The largest absolute Gasteiger partial charge is 0.489 e. The summed E-state index contributed by atoms with van der Waals surface area (Å²) in [6.07, 6.45) is 4.12. The van der Waals surface area contributed by atoms with Crippen molar-refractivity contribution in [1.82, 2.24) is 4.98 Å². The topological polar surface area (TPSA) is 57.7 Å². The molecule has 1 saturated carbocycles. The first-order chi connectivity index (χ1) is 16.3. The number of esters is 1. The number of alkyl halides is 2. The van der Waals surface area contributed by atoms with Crippen molar-refractivity contribution in [3.05, 3.63) is 73.1 Å². The van der Waals surface area contributed by atoms with Gasteiger partial charge in [0, 0.05) is 18.8 Å². The second-order valence-corrected chi connectivity index (χ2v) is 9.75. The van der Waals surface area contributed by atoms with Crippen LogP contribution in [-0.4, -0.2) is 24.2 Å². The molecule has 0 radical (unpaired) electrons. The predicted molar refractivity (Wildman–Crippen MR) is 127 cm³/mol. The third kappa shape index (κ3) is 6.30. The third-order valence-corrected chi connectivity index (χ3v) is 7.09. The van der Waals surface area contributed by atoms with Gasteiger partial charge in [-0.25, -0.2) is 4.79 Å². The summed E-state index contributed by atoms with van der Waals surface area (Å²) in [6.45, 7) is -2.64. The highest BCUT2D eigenvalue weighted by Crippen LogP contribution is 2.38. The second kappa shape index (κ2) is 11.1. The number of benzene rings is 1. The van der Waals surface area contributed by atoms with Crippen molar-refractivity contribution < 1.29 is 27.8 Å². The molecule has 0 N–H and O–H groups in total. The standard InChI is InChI=1S/C23H18Cl3F2NO4S/c24-15-5-6-34-21(15)22(30)32-19(8-14-16(25)9-29-10-17(14)26)13-3-4-18(33-23(27)28)20(7-13)31-11-12-1-2-12/h3-7,9-10,12,19,23H,1-2,8,11H2. The van der Waals surface area contributed by atoms with Crippen LogP contribution in [0.25, 0.3) is 0 Å². The quantitative estimate of drug-likeness (QED) is 0.244. The Balaban J connectivity index is 1.68. The van der Waals surface area contributed by atoms with Gasteiger partial charge in [-0.05, 0) is 53.5 Å². The average Bonchev–Trinajstić information content (AvgIpc) is 3.52. The van der Waals surface area contributed by atoms with Crippen LogP contribution in [0.4, 0.5) is 8.78 Å². The van der Waals surface area contributed by atoms with E-state index in [4.69, 9.17) is 44.3 Å². The Labute approximate surface area is 213 Å². The Kier molecular flexibility index (Phi) is 8.14. The number of carbonyl (C=O) groups is 1. The molecule has 5 nitrogen and oxygen atoms in total. The lowest BCUT2D eigenvalue weighted by Crippen LogP contribution is -2.15. The fraction of sp³-hybridized carbons (Fsp3) is 0.304. The van der Waals surface area contributed by atoms with Crippen molar-refractivity contribution in [1.29, 1.82) is 0 Å². The number of pyridine rings is 1. The van der Waals surface area contributed by atoms with E-state index in [1.165, 1.54) is 30.6 Å². The summed E-state index contributed by atoms with van der Waals surface area (Å²) >= 11 is 19.8. The van der Waals surface area contributed by atoms with Crippen LogP contribution in [0.5, 0.6) is 11.5 Å². The molecule has 0 aliphatic heterocycles. The van der Waals surface area contributed by atoms with E-state index in [0.717, 1.165) is 24.2 Å². The maximum Gasteiger partial charge on any atom is 0.387 e. The Bertz CT molecular complexity index is 1150. The van der Waals surface area contributed by atoms with E-state index < -0.39 is 18.7 Å². The minimum absolute atomic E-state index is 0.103. The number of nitrogens with zero attached hydrogens (tertiary/aromatic N) is 1. The van der Waals surface area contributed by atoms with E-state index in [9.17, 15) is 13.6 Å². The van der Waals surface area contributed by atoms with Crippen molar-refractivity contribution in [3.8, 4) is 11.5 Å². The molecule has 1 unspecified atom stereocenters. The summed E-state index contributed by atoms with van der Waals surface area (Å²) in [6, 6.07) is 6.00. The molecule has 0 amide bonds. The molecular weight excluding hydrogens is 531 g/mol.